The summed E-state index contributed by atoms with van der Waals surface area (Å²) >= 11 is 0. The predicted molar refractivity (Wildman–Crippen MR) is 53.7 cm³/mol. The normalized spacial score (nSPS) is 21.2. The number of alkyl halides is 1. The Morgan fingerprint density at radius 2 is 1.92 bits per heavy atom. The molecule has 0 radical (unpaired) electrons. The van der Waals surface area contributed by atoms with Crippen LogP contribution in [0.4, 0.5) is 4.39 Å². The van der Waals surface area contributed by atoms with Gasteiger partial charge in [0.15, 0.2) is 0 Å². The van der Waals surface area contributed by atoms with Crippen LogP contribution in [-0.4, -0.2) is 44.3 Å². The van der Waals surface area contributed by atoms with E-state index < -0.39 is 0 Å². The highest BCUT2D eigenvalue weighted by molar-refractivity contribution is 4.94. The summed E-state index contributed by atoms with van der Waals surface area (Å²) < 4.78 is 11.9. The molecule has 13 heavy (non-hydrogen) atoms. The molecular formula is C10H21FN2. The number of likely N-dealkylation sites (N-methyl/N-ethyl adjacent to an activating group) is 1. The lowest BCUT2D eigenvalue weighted by atomic mass is 9.96. The number of halogens is 1. The summed E-state index contributed by atoms with van der Waals surface area (Å²) in [6.45, 7) is 1.17. The van der Waals surface area contributed by atoms with E-state index in [4.69, 9.17) is 0 Å². The van der Waals surface area contributed by atoms with Gasteiger partial charge in [-0.05, 0) is 26.9 Å². The van der Waals surface area contributed by atoms with Crippen molar-refractivity contribution in [1.29, 1.82) is 0 Å². The molecule has 0 aromatic heterocycles. The van der Waals surface area contributed by atoms with Crippen LogP contribution < -0.4 is 5.32 Å². The quantitative estimate of drug-likeness (QED) is 0.656. The SMILES string of the molecule is CN(C)C1(CNCCF)CCCC1. The van der Waals surface area contributed by atoms with Gasteiger partial charge in [-0.3, -0.25) is 0 Å². The number of hydrogen-bond donors (Lipinski definition) is 1. The molecule has 0 saturated heterocycles. The summed E-state index contributed by atoms with van der Waals surface area (Å²) in [6, 6.07) is 0. The minimum absolute atomic E-state index is 0.260. The van der Waals surface area contributed by atoms with Crippen molar-refractivity contribution >= 4 is 0 Å². The molecule has 78 valence electrons. The Balaban J connectivity index is 2.38. The number of rotatable bonds is 5. The highest BCUT2D eigenvalue weighted by Crippen LogP contribution is 2.32. The van der Waals surface area contributed by atoms with Crippen molar-refractivity contribution in [3.63, 3.8) is 0 Å². The Kier molecular flexibility index (Phi) is 4.13. The van der Waals surface area contributed by atoms with Gasteiger partial charge in [0.1, 0.15) is 6.67 Å². The van der Waals surface area contributed by atoms with E-state index in [2.05, 4.69) is 24.3 Å². The van der Waals surface area contributed by atoms with Gasteiger partial charge in [-0.25, -0.2) is 4.39 Å². The van der Waals surface area contributed by atoms with Gasteiger partial charge in [-0.1, -0.05) is 12.8 Å². The Bertz CT molecular complexity index is 142. The molecule has 1 aliphatic carbocycles. The van der Waals surface area contributed by atoms with E-state index in [1.54, 1.807) is 0 Å². The average Bonchev–Trinajstić information content (AvgIpc) is 2.55. The molecule has 0 amide bonds. The van der Waals surface area contributed by atoms with E-state index in [0.29, 0.717) is 12.1 Å². The third-order valence-corrected chi connectivity index (χ3v) is 3.21. The first-order valence-electron chi connectivity index (χ1n) is 5.15. The summed E-state index contributed by atoms with van der Waals surface area (Å²) in [7, 11) is 4.25. The summed E-state index contributed by atoms with van der Waals surface area (Å²) in [5, 5.41) is 3.18. The lowest BCUT2D eigenvalue weighted by molar-refractivity contribution is 0.153. The molecule has 1 saturated carbocycles. The van der Waals surface area contributed by atoms with Gasteiger partial charge in [-0.2, -0.15) is 0 Å². The minimum atomic E-state index is -0.260. The van der Waals surface area contributed by atoms with Crippen LogP contribution in [0.25, 0.3) is 0 Å². The Hall–Kier alpha value is -0.150. The topological polar surface area (TPSA) is 15.3 Å². The van der Waals surface area contributed by atoms with Crippen LogP contribution in [0.2, 0.25) is 0 Å². The van der Waals surface area contributed by atoms with Crippen molar-refractivity contribution in [2.75, 3.05) is 33.9 Å². The molecular weight excluding hydrogens is 167 g/mol. The zero-order valence-corrected chi connectivity index (χ0v) is 8.77. The molecule has 1 N–H and O–H groups in total. The highest BCUT2D eigenvalue weighted by Gasteiger charge is 2.35. The van der Waals surface area contributed by atoms with Gasteiger partial charge in [0.05, 0.1) is 0 Å². The molecule has 0 aromatic rings. The second-order valence-corrected chi connectivity index (χ2v) is 4.19. The van der Waals surface area contributed by atoms with Crippen molar-refractivity contribution in [2.24, 2.45) is 0 Å². The largest absolute Gasteiger partial charge is 0.312 e. The summed E-state index contributed by atoms with van der Waals surface area (Å²) in [4.78, 5) is 2.30. The Morgan fingerprint density at radius 1 is 1.31 bits per heavy atom. The predicted octanol–water partition coefficient (Wildman–Crippen LogP) is 1.42. The fourth-order valence-corrected chi connectivity index (χ4v) is 2.20. The first-order valence-corrected chi connectivity index (χ1v) is 5.15. The van der Waals surface area contributed by atoms with Crippen molar-refractivity contribution in [3.8, 4) is 0 Å². The van der Waals surface area contributed by atoms with Crippen LogP contribution in [0.5, 0.6) is 0 Å². The number of nitrogens with one attached hydrogen (secondary N) is 1. The van der Waals surface area contributed by atoms with Gasteiger partial charge in [0, 0.05) is 18.6 Å². The van der Waals surface area contributed by atoms with E-state index >= 15 is 0 Å². The fraction of sp³-hybridized carbons (Fsp3) is 1.00. The molecule has 2 nitrogen and oxygen atoms in total. The van der Waals surface area contributed by atoms with Crippen LogP contribution in [0.3, 0.4) is 0 Å². The zero-order chi connectivity index (χ0) is 9.73. The highest BCUT2D eigenvalue weighted by atomic mass is 19.1. The number of hydrogen-bond acceptors (Lipinski definition) is 2. The molecule has 0 aliphatic heterocycles. The van der Waals surface area contributed by atoms with Gasteiger partial charge in [0.2, 0.25) is 0 Å². The van der Waals surface area contributed by atoms with Crippen molar-refractivity contribution in [2.45, 2.75) is 31.2 Å². The Labute approximate surface area is 80.5 Å². The van der Waals surface area contributed by atoms with Crippen molar-refractivity contribution in [3.05, 3.63) is 0 Å². The lowest BCUT2D eigenvalue weighted by Crippen LogP contribution is -2.49. The number of nitrogens with zero attached hydrogens (tertiary/aromatic N) is 1. The third-order valence-electron chi connectivity index (χ3n) is 3.21. The lowest BCUT2D eigenvalue weighted by Gasteiger charge is -2.36. The first kappa shape index (κ1) is 10.9. The van der Waals surface area contributed by atoms with Crippen LogP contribution in [0, 0.1) is 0 Å². The average molecular weight is 188 g/mol. The monoisotopic (exact) mass is 188 g/mol. The van der Waals surface area contributed by atoms with Crippen molar-refractivity contribution in [1.82, 2.24) is 10.2 Å². The van der Waals surface area contributed by atoms with E-state index in [0.717, 1.165) is 6.54 Å². The van der Waals surface area contributed by atoms with E-state index in [9.17, 15) is 4.39 Å². The van der Waals surface area contributed by atoms with Gasteiger partial charge in [0.25, 0.3) is 0 Å². The molecule has 0 bridgehead atoms. The molecule has 1 rings (SSSR count). The smallest absolute Gasteiger partial charge is 0.102 e. The maximum absolute atomic E-state index is 11.9. The zero-order valence-electron chi connectivity index (χ0n) is 8.77. The van der Waals surface area contributed by atoms with Gasteiger partial charge >= 0.3 is 0 Å². The van der Waals surface area contributed by atoms with Crippen LogP contribution in [-0.2, 0) is 0 Å². The molecule has 0 spiro atoms. The summed E-state index contributed by atoms with van der Waals surface area (Å²) in [5.74, 6) is 0. The molecule has 1 fully saturated rings. The van der Waals surface area contributed by atoms with Crippen molar-refractivity contribution < 1.29 is 4.39 Å². The molecule has 0 heterocycles. The van der Waals surface area contributed by atoms with Crippen LogP contribution >= 0.6 is 0 Å². The second kappa shape index (κ2) is 4.91. The first-order chi connectivity index (χ1) is 6.21. The molecule has 0 unspecified atom stereocenters. The summed E-state index contributed by atoms with van der Waals surface area (Å²) in [5.41, 5.74) is 0.301. The van der Waals surface area contributed by atoms with Crippen LogP contribution in [0.1, 0.15) is 25.7 Å². The molecule has 0 atom stereocenters. The third kappa shape index (κ3) is 2.64. The maximum Gasteiger partial charge on any atom is 0.102 e. The second-order valence-electron chi connectivity index (χ2n) is 4.19. The maximum atomic E-state index is 11.9. The standard InChI is InChI=1S/C10H21FN2/c1-13(2)10(5-3-4-6-10)9-12-8-7-11/h12H,3-9H2,1-2H3. The molecule has 1 aliphatic rings. The molecule has 3 heteroatoms. The molecule has 0 aromatic carbocycles. The van der Waals surface area contributed by atoms with Crippen LogP contribution in [0.15, 0.2) is 0 Å². The Morgan fingerprint density at radius 3 is 2.38 bits per heavy atom. The van der Waals surface area contributed by atoms with Gasteiger partial charge < -0.3 is 10.2 Å². The minimum Gasteiger partial charge on any atom is -0.312 e. The van der Waals surface area contributed by atoms with Gasteiger partial charge in [-0.15, -0.1) is 0 Å². The van der Waals surface area contributed by atoms with E-state index in [-0.39, 0.29) is 6.67 Å². The fourth-order valence-electron chi connectivity index (χ4n) is 2.20. The summed E-state index contributed by atoms with van der Waals surface area (Å²) in [6.07, 6.45) is 5.13. The van der Waals surface area contributed by atoms with E-state index in [1.807, 2.05) is 0 Å². The van der Waals surface area contributed by atoms with E-state index in [1.165, 1.54) is 25.7 Å².